The summed E-state index contributed by atoms with van der Waals surface area (Å²) in [6, 6.07) is 8.18. The Hall–Kier alpha value is -1.61. The van der Waals surface area contributed by atoms with Crippen LogP contribution in [0, 0.1) is 6.92 Å². The molecule has 126 valence electrons. The molecule has 1 atom stereocenters. The lowest BCUT2D eigenvalue weighted by Gasteiger charge is -2.12. The van der Waals surface area contributed by atoms with Gasteiger partial charge in [-0.05, 0) is 13.8 Å². The molecule has 1 aromatic carbocycles. The molecule has 0 amide bonds. The lowest BCUT2D eigenvalue weighted by molar-refractivity contribution is 0.179. The molecule has 2 rings (SSSR count). The second kappa shape index (κ2) is 9.51. The Morgan fingerprint density at radius 3 is 2.74 bits per heavy atom. The van der Waals surface area contributed by atoms with E-state index in [1.165, 1.54) is 5.56 Å². The van der Waals surface area contributed by atoms with Crippen LogP contribution in [-0.4, -0.2) is 30.7 Å². The summed E-state index contributed by atoms with van der Waals surface area (Å²) in [5.41, 5.74) is 8.00. The van der Waals surface area contributed by atoms with Gasteiger partial charge in [-0.25, -0.2) is 9.98 Å². The van der Waals surface area contributed by atoms with Crippen molar-refractivity contribution in [2.24, 2.45) is 10.7 Å². The van der Waals surface area contributed by atoms with E-state index in [2.05, 4.69) is 15.3 Å². The van der Waals surface area contributed by atoms with E-state index in [0.717, 1.165) is 11.3 Å². The van der Waals surface area contributed by atoms with Crippen molar-refractivity contribution in [3.63, 3.8) is 0 Å². The Balaban J connectivity index is 0.00000264. The lowest BCUT2D eigenvalue weighted by atomic mass is 10.1. The molecule has 0 aliphatic heterocycles. The molecule has 0 radical (unpaired) electrons. The van der Waals surface area contributed by atoms with Crippen LogP contribution in [0.15, 0.2) is 39.9 Å². The van der Waals surface area contributed by atoms with E-state index in [-0.39, 0.29) is 30.0 Å². The highest BCUT2D eigenvalue weighted by molar-refractivity contribution is 14.0. The van der Waals surface area contributed by atoms with Gasteiger partial charge in [-0.1, -0.05) is 29.8 Å². The van der Waals surface area contributed by atoms with Crippen LogP contribution in [0.2, 0.25) is 0 Å². The molecule has 0 fully saturated rings. The number of halogens is 1. The molecule has 0 saturated heterocycles. The molecule has 0 aliphatic rings. The number of nitrogens with two attached hydrogens (primary N) is 1. The number of nitrogens with zero attached hydrogens (tertiary/aromatic N) is 2. The first-order valence-corrected chi connectivity index (χ1v) is 7.15. The Morgan fingerprint density at radius 1 is 1.39 bits per heavy atom. The number of nitrogens with one attached hydrogen (secondary N) is 1. The van der Waals surface area contributed by atoms with Crippen molar-refractivity contribution in [3.05, 3.63) is 41.9 Å². The molecule has 7 heteroatoms. The Labute approximate surface area is 153 Å². The monoisotopic (exact) mass is 430 g/mol. The molecule has 0 bridgehead atoms. The lowest BCUT2D eigenvalue weighted by Crippen LogP contribution is -2.40. The predicted octanol–water partition coefficient (Wildman–Crippen LogP) is 2.71. The van der Waals surface area contributed by atoms with Crippen LogP contribution >= 0.6 is 24.0 Å². The van der Waals surface area contributed by atoms with Crippen LogP contribution in [0.4, 0.5) is 0 Å². The van der Waals surface area contributed by atoms with E-state index in [1.54, 1.807) is 13.3 Å². The molecule has 1 heterocycles. The smallest absolute Gasteiger partial charge is 0.216 e. The molecule has 3 N–H and O–H groups in total. The highest BCUT2D eigenvalue weighted by Crippen LogP contribution is 2.20. The maximum Gasteiger partial charge on any atom is 0.216 e. The van der Waals surface area contributed by atoms with Gasteiger partial charge in [0.1, 0.15) is 6.54 Å². The van der Waals surface area contributed by atoms with Crippen molar-refractivity contribution < 1.29 is 9.15 Å². The Kier molecular flexibility index (Phi) is 8.04. The highest BCUT2D eigenvalue weighted by Gasteiger charge is 2.06. The average molecular weight is 430 g/mol. The Morgan fingerprint density at radius 2 is 2.09 bits per heavy atom. The molecule has 23 heavy (non-hydrogen) atoms. The summed E-state index contributed by atoms with van der Waals surface area (Å²) in [4.78, 5) is 8.43. The summed E-state index contributed by atoms with van der Waals surface area (Å²) in [6.45, 7) is 4.87. The third-order valence-corrected chi connectivity index (χ3v) is 3.09. The second-order valence-corrected chi connectivity index (χ2v) is 5.19. The molecule has 2 aromatic rings. The fourth-order valence-electron chi connectivity index (χ4n) is 1.98. The quantitative estimate of drug-likeness (QED) is 0.418. The molecule has 0 spiro atoms. The van der Waals surface area contributed by atoms with Gasteiger partial charge < -0.3 is 20.2 Å². The summed E-state index contributed by atoms with van der Waals surface area (Å²) in [6.07, 6.45) is 1.70. The molecule has 0 saturated carbocycles. The fourth-order valence-corrected chi connectivity index (χ4v) is 1.98. The van der Waals surface area contributed by atoms with Gasteiger partial charge >= 0.3 is 0 Å². The summed E-state index contributed by atoms with van der Waals surface area (Å²) in [7, 11) is 1.64. The Bertz CT molecular complexity index is 625. The zero-order valence-corrected chi connectivity index (χ0v) is 15.9. The van der Waals surface area contributed by atoms with Crippen LogP contribution < -0.4 is 11.1 Å². The van der Waals surface area contributed by atoms with Crippen molar-refractivity contribution >= 4 is 29.9 Å². The van der Waals surface area contributed by atoms with Gasteiger partial charge in [0.25, 0.3) is 0 Å². The van der Waals surface area contributed by atoms with Crippen molar-refractivity contribution in [3.8, 4) is 11.3 Å². The van der Waals surface area contributed by atoms with Gasteiger partial charge in [0, 0.05) is 18.7 Å². The number of aliphatic imine (C=N–C) groups is 1. The van der Waals surface area contributed by atoms with E-state index in [0.29, 0.717) is 25.0 Å². The number of guanidine groups is 1. The molecule has 1 unspecified atom stereocenters. The summed E-state index contributed by atoms with van der Waals surface area (Å²) in [5, 5.41) is 3.03. The first-order chi connectivity index (χ1) is 10.6. The van der Waals surface area contributed by atoms with Crippen LogP contribution in [0.3, 0.4) is 0 Å². The fraction of sp³-hybridized carbons (Fsp3) is 0.375. The number of hydrogen-bond donors (Lipinski definition) is 2. The van der Waals surface area contributed by atoms with E-state index >= 15 is 0 Å². The van der Waals surface area contributed by atoms with E-state index < -0.39 is 0 Å². The number of ether oxygens (including phenoxy) is 1. The maximum absolute atomic E-state index is 5.80. The van der Waals surface area contributed by atoms with Gasteiger partial charge in [-0.2, -0.15) is 0 Å². The summed E-state index contributed by atoms with van der Waals surface area (Å²) >= 11 is 0. The van der Waals surface area contributed by atoms with Crippen LogP contribution in [0.25, 0.3) is 11.3 Å². The standard InChI is InChI=1S/C16H22N4O2.HI/c1-11-4-6-13(7-5-11)14-8-18-15(22-14)9-19-16(17)20-12(2)10-21-3;/h4-8,12H,9-10H2,1-3H3,(H3,17,19,20);1H. The predicted molar refractivity (Wildman–Crippen MR) is 102 cm³/mol. The first-order valence-electron chi connectivity index (χ1n) is 7.15. The van der Waals surface area contributed by atoms with Gasteiger partial charge in [0.15, 0.2) is 11.7 Å². The number of methoxy groups -OCH3 is 1. The zero-order chi connectivity index (χ0) is 15.9. The number of benzene rings is 1. The van der Waals surface area contributed by atoms with Crippen molar-refractivity contribution in [1.29, 1.82) is 0 Å². The second-order valence-electron chi connectivity index (χ2n) is 5.19. The van der Waals surface area contributed by atoms with Crippen LogP contribution in [0.5, 0.6) is 0 Å². The summed E-state index contributed by atoms with van der Waals surface area (Å²) < 4.78 is 10.7. The SMILES string of the molecule is COCC(C)NC(N)=NCc1ncc(-c2ccc(C)cc2)o1.I. The maximum atomic E-state index is 5.80. The highest BCUT2D eigenvalue weighted by atomic mass is 127. The van der Waals surface area contributed by atoms with Crippen molar-refractivity contribution in [2.75, 3.05) is 13.7 Å². The van der Waals surface area contributed by atoms with Gasteiger partial charge in [-0.3, -0.25) is 0 Å². The van der Waals surface area contributed by atoms with Gasteiger partial charge in [-0.15, -0.1) is 24.0 Å². The topological polar surface area (TPSA) is 85.7 Å². The molecular weight excluding hydrogens is 407 g/mol. The van der Waals surface area contributed by atoms with Gasteiger partial charge in [0.05, 0.1) is 12.8 Å². The first kappa shape index (κ1) is 19.4. The number of aryl methyl sites for hydroxylation is 1. The minimum atomic E-state index is 0. The minimum Gasteiger partial charge on any atom is -0.439 e. The third-order valence-electron chi connectivity index (χ3n) is 3.09. The molecular formula is C16H23IN4O2. The third kappa shape index (κ3) is 6.19. The normalized spacial score (nSPS) is 12.6. The van der Waals surface area contributed by atoms with Crippen molar-refractivity contribution in [2.45, 2.75) is 26.4 Å². The molecule has 6 nitrogen and oxygen atoms in total. The van der Waals surface area contributed by atoms with E-state index in [9.17, 15) is 0 Å². The minimum absolute atomic E-state index is 0. The summed E-state index contributed by atoms with van der Waals surface area (Å²) in [5.74, 6) is 1.60. The zero-order valence-electron chi connectivity index (χ0n) is 13.6. The van der Waals surface area contributed by atoms with Crippen LogP contribution in [0.1, 0.15) is 18.4 Å². The number of aromatic nitrogens is 1. The van der Waals surface area contributed by atoms with E-state index in [1.807, 2.05) is 38.1 Å². The van der Waals surface area contributed by atoms with Gasteiger partial charge in [0.2, 0.25) is 5.89 Å². The number of rotatable bonds is 6. The molecule has 0 aliphatic carbocycles. The van der Waals surface area contributed by atoms with Crippen LogP contribution in [-0.2, 0) is 11.3 Å². The molecule has 1 aromatic heterocycles. The number of hydrogen-bond acceptors (Lipinski definition) is 4. The number of oxazole rings is 1. The van der Waals surface area contributed by atoms with Crippen molar-refractivity contribution in [1.82, 2.24) is 10.3 Å². The largest absolute Gasteiger partial charge is 0.439 e. The van der Waals surface area contributed by atoms with E-state index in [4.69, 9.17) is 14.9 Å². The average Bonchev–Trinajstić information content (AvgIpc) is 2.95.